The SMILES string of the molecule is CCc1cc(Br)cc2c(C(=O)OCC(=O)c3ccc(F)cc3)cc(-c3ccc(N4C(=O)c5ccccc5C4=O)cc3)nc12. The topological polar surface area (TPSA) is 93.6 Å². The first kappa shape index (κ1) is 28.1. The number of halogens is 2. The van der Waals surface area contributed by atoms with Crippen LogP contribution in [0.3, 0.4) is 0 Å². The zero-order valence-corrected chi connectivity index (χ0v) is 24.4. The number of fused-ring (bicyclic) bond motifs is 2. The highest BCUT2D eigenvalue weighted by Crippen LogP contribution is 2.33. The Labute approximate surface area is 254 Å². The molecule has 0 saturated heterocycles. The molecule has 0 unspecified atom stereocenters. The van der Waals surface area contributed by atoms with Gasteiger partial charge in [-0.2, -0.15) is 0 Å². The summed E-state index contributed by atoms with van der Waals surface area (Å²) in [5.41, 5.74) is 4.16. The summed E-state index contributed by atoms with van der Waals surface area (Å²) in [7, 11) is 0. The maximum Gasteiger partial charge on any atom is 0.339 e. The maximum absolute atomic E-state index is 13.4. The van der Waals surface area contributed by atoms with E-state index >= 15 is 0 Å². The van der Waals surface area contributed by atoms with Gasteiger partial charge in [-0.3, -0.25) is 14.4 Å². The number of esters is 1. The number of carbonyl (C=O) groups excluding carboxylic acids is 4. The standard InChI is InChI=1S/C34H22BrFN2O5/c1-2-19-15-22(35)16-27-28(34(42)43-18-30(39)21-7-11-23(36)12-8-21)17-29(37-31(19)27)20-9-13-24(14-10-20)38-32(40)25-5-3-4-6-26(25)33(38)41/h3-17H,2,18H2,1H3. The van der Waals surface area contributed by atoms with E-state index in [0.717, 1.165) is 14.9 Å². The first-order valence-corrected chi connectivity index (χ1v) is 14.2. The van der Waals surface area contributed by atoms with Gasteiger partial charge in [-0.25, -0.2) is 19.1 Å². The van der Waals surface area contributed by atoms with Gasteiger partial charge in [0.2, 0.25) is 0 Å². The number of pyridine rings is 1. The Hall–Kier alpha value is -5.02. The lowest BCUT2D eigenvalue weighted by atomic mass is 10.0. The highest BCUT2D eigenvalue weighted by Gasteiger charge is 2.36. The average molecular weight is 637 g/mol. The average Bonchev–Trinajstić information content (AvgIpc) is 3.28. The summed E-state index contributed by atoms with van der Waals surface area (Å²) >= 11 is 3.51. The molecule has 2 amide bonds. The molecule has 1 aliphatic rings. The minimum absolute atomic E-state index is 0.215. The van der Waals surface area contributed by atoms with Crippen LogP contribution in [0.15, 0.2) is 95.5 Å². The number of benzene rings is 4. The normalized spacial score (nSPS) is 12.5. The summed E-state index contributed by atoms with van der Waals surface area (Å²) in [6.07, 6.45) is 0.641. The third kappa shape index (κ3) is 5.23. The number of nitrogens with zero attached hydrogens (tertiary/aromatic N) is 2. The van der Waals surface area contributed by atoms with Crippen molar-refractivity contribution in [2.45, 2.75) is 13.3 Å². The summed E-state index contributed by atoms with van der Waals surface area (Å²) in [4.78, 5) is 57.9. The summed E-state index contributed by atoms with van der Waals surface area (Å²) in [5, 5.41) is 0.553. The molecule has 1 aliphatic heterocycles. The Kier molecular flexibility index (Phi) is 7.41. The van der Waals surface area contributed by atoms with Crippen LogP contribution in [-0.2, 0) is 11.2 Å². The number of ketones is 1. The van der Waals surface area contributed by atoms with Crippen molar-refractivity contribution in [2.75, 3.05) is 11.5 Å². The van der Waals surface area contributed by atoms with Gasteiger partial charge in [-0.05, 0) is 78.7 Å². The Morgan fingerprint density at radius 2 is 1.53 bits per heavy atom. The number of Topliss-reactive ketones (excluding diaryl/α,β-unsaturated/α-hetero) is 1. The molecule has 0 bridgehead atoms. The highest BCUT2D eigenvalue weighted by atomic mass is 79.9. The number of amides is 2. The molecule has 0 fully saturated rings. The molecule has 9 heteroatoms. The molecule has 0 radical (unpaired) electrons. The van der Waals surface area contributed by atoms with Gasteiger partial charge in [-0.1, -0.05) is 47.1 Å². The van der Waals surface area contributed by atoms with Gasteiger partial charge in [0.15, 0.2) is 12.4 Å². The molecule has 212 valence electrons. The maximum atomic E-state index is 13.4. The van der Waals surface area contributed by atoms with E-state index in [1.165, 1.54) is 24.3 Å². The van der Waals surface area contributed by atoms with E-state index in [0.29, 0.717) is 45.4 Å². The summed E-state index contributed by atoms with van der Waals surface area (Å²) < 4.78 is 19.4. The third-order valence-corrected chi connectivity index (χ3v) is 7.73. The van der Waals surface area contributed by atoms with Crippen molar-refractivity contribution in [1.29, 1.82) is 0 Å². The van der Waals surface area contributed by atoms with Crippen LogP contribution < -0.4 is 4.90 Å². The Morgan fingerprint density at radius 1 is 0.884 bits per heavy atom. The minimum Gasteiger partial charge on any atom is -0.454 e. The second kappa shape index (κ2) is 11.3. The van der Waals surface area contributed by atoms with Gasteiger partial charge in [0.1, 0.15) is 5.82 Å². The molecule has 43 heavy (non-hydrogen) atoms. The lowest BCUT2D eigenvalue weighted by Gasteiger charge is -2.15. The van der Waals surface area contributed by atoms with E-state index in [2.05, 4.69) is 15.9 Å². The molecule has 5 aromatic rings. The first-order chi connectivity index (χ1) is 20.7. The fourth-order valence-electron chi connectivity index (χ4n) is 5.08. The molecule has 0 atom stereocenters. The second-order valence-electron chi connectivity index (χ2n) is 9.91. The van der Waals surface area contributed by atoms with Crippen LogP contribution in [0.2, 0.25) is 0 Å². The van der Waals surface area contributed by atoms with Crippen molar-refractivity contribution in [3.05, 3.63) is 129 Å². The zero-order valence-electron chi connectivity index (χ0n) is 22.8. The van der Waals surface area contributed by atoms with Crippen LogP contribution in [0.25, 0.3) is 22.2 Å². The van der Waals surface area contributed by atoms with Gasteiger partial charge >= 0.3 is 5.97 Å². The number of anilines is 1. The number of hydrogen-bond donors (Lipinski definition) is 0. The van der Waals surface area contributed by atoms with Gasteiger partial charge in [0, 0.05) is 21.0 Å². The minimum atomic E-state index is -0.716. The molecule has 0 saturated carbocycles. The summed E-state index contributed by atoms with van der Waals surface area (Å²) in [6, 6.07) is 23.7. The second-order valence-corrected chi connectivity index (χ2v) is 10.8. The molecule has 4 aromatic carbocycles. The third-order valence-electron chi connectivity index (χ3n) is 7.27. The number of aryl methyl sites for hydroxylation is 1. The predicted molar refractivity (Wildman–Crippen MR) is 163 cm³/mol. The van der Waals surface area contributed by atoms with Crippen LogP contribution >= 0.6 is 15.9 Å². The van der Waals surface area contributed by atoms with Crippen LogP contribution in [0.5, 0.6) is 0 Å². The number of rotatable bonds is 7. The van der Waals surface area contributed by atoms with Crippen molar-refractivity contribution in [3.63, 3.8) is 0 Å². The zero-order chi connectivity index (χ0) is 30.2. The van der Waals surface area contributed by atoms with Crippen molar-refractivity contribution in [3.8, 4) is 11.3 Å². The van der Waals surface area contributed by atoms with Crippen molar-refractivity contribution < 1.29 is 28.3 Å². The van der Waals surface area contributed by atoms with E-state index in [4.69, 9.17) is 9.72 Å². The van der Waals surface area contributed by atoms with Crippen LogP contribution in [0, 0.1) is 5.82 Å². The Morgan fingerprint density at radius 3 is 2.16 bits per heavy atom. The molecular weight excluding hydrogens is 615 g/mol. The Bertz CT molecular complexity index is 1920. The van der Waals surface area contributed by atoms with E-state index in [9.17, 15) is 23.6 Å². The van der Waals surface area contributed by atoms with Crippen molar-refractivity contribution >= 4 is 56.1 Å². The smallest absolute Gasteiger partial charge is 0.339 e. The molecule has 0 spiro atoms. The molecule has 0 aliphatic carbocycles. The molecule has 1 aromatic heterocycles. The van der Waals surface area contributed by atoms with Crippen LogP contribution in [0.4, 0.5) is 10.1 Å². The number of ether oxygens (including phenoxy) is 1. The van der Waals surface area contributed by atoms with E-state index in [1.54, 1.807) is 60.7 Å². The highest BCUT2D eigenvalue weighted by molar-refractivity contribution is 9.10. The predicted octanol–water partition coefficient (Wildman–Crippen LogP) is 7.21. The summed E-state index contributed by atoms with van der Waals surface area (Å²) in [5.74, 6) is -2.44. The molecule has 2 heterocycles. The number of carbonyl (C=O) groups is 4. The van der Waals surface area contributed by atoms with Crippen molar-refractivity contribution in [1.82, 2.24) is 4.98 Å². The lowest BCUT2D eigenvalue weighted by molar-refractivity contribution is 0.0476. The Balaban J connectivity index is 1.34. The van der Waals surface area contributed by atoms with E-state index in [1.807, 2.05) is 13.0 Å². The van der Waals surface area contributed by atoms with Crippen LogP contribution in [-0.4, -0.2) is 35.2 Å². The largest absolute Gasteiger partial charge is 0.454 e. The van der Waals surface area contributed by atoms with Crippen molar-refractivity contribution in [2.24, 2.45) is 0 Å². The lowest BCUT2D eigenvalue weighted by Crippen LogP contribution is -2.29. The van der Waals surface area contributed by atoms with E-state index in [-0.39, 0.29) is 11.1 Å². The van der Waals surface area contributed by atoms with E-state index < -0.39 is 36.0 Å². The quantitative estimate of drug-likeness (QED) is 0.106. The molecular formula is C34H22BrFN2O5. The molecule has 6 rings (SSSR count). The van der Waals surface area contributed by atoms with Gasteiger partial charge < -0.3 is 4.74 Å². The fraction of sp³-hybridized carbons (Fsp3) is 0.0882. The van der Waals surface area contributed by atoms with Crippen LogP contribution in [0.1, 0.15) is 53.9 Å². The van der Waals surface area contributed by atoms with Gasteiger partial charge in [0.05, 0.1) is 33.6 Å². The molecule has 7 nitrogen and oxygen atoms in total. The molecule has 0 N–H and O–H groups in total. The first-order valence-electron chi connectivity index (χ1n) is 13.4. The van der Waals surface area contributed by atoms with Gasteiger partial charge in [-0.15, -0.1) is 0 Å². The fourth-order valence-corrected chi connectivity index (χ4v) is 5.58. The number of imide groups is 1. The monoisotopic (exact) mass is 636 g/mol. The summed E-state index contributed by atoms with van der Waals surface area (Å²) in [6.45, 7) is 1.46. The van der Waals surface area contributed by atoms with Gasteiger partial charge in [0.25, 0.3) is 11.8 Å². The number of aromatic nitrogens is 1. The number of hydrogen-bond acceptors (Lipinski definition) is 6.